The van der Waals surface area contributed by atoms with Gasteiger partial charge in [-0.15, -0.1) is 0 Å². The van der Waals surface area contributed by atoms with Crippen molar-refractivity contribution in [3.05, 3.63) is 94.6 Å². The first-order chi connectivity index (χ1) is 16.7. The minimum Gasteiger partial charge on any atom is -0.478 e. The van der Waals surface area contributed by atoms with Crippen LogP contribution in [0, 0.1) is 0 Å². The van der Waals surface area contributed by atoms with Crippen LogP contribution in [0.3, 0.4) is 0 Å². The molecule has 0 aliphatic carbocycles. The molecule has 0 bridgehead atoms. The van der Waals surface area contributed by atoms with E-state index in [-0.39, 0.29) is 28.3 Å². The summed E-state index contributed by atoms with van der Waals surface area (Å²) in [6.07, 6.45) is 1.50. The van der Waals surface area contributed by atoms with E-state index in [0.717, 1.165) is 11.3 Å². The maximum Gasteiger partial charge on any atom is 0.338 e. The third kappa shape index (κ3) is 4.88. The lowest BCUT2D eigenvalue weighted by atomic mass is 9.96. The van der Waals surface area contributed by atoms with Crippen LogP contribution in [0.2, 0.25) is 10.0 Å². The summed E-state index contributed by atoms with van der Waals surface area (Å²) in [5.74, 6) is -1.68. The van der Waals surface area contributed by atoms with Gasteiger partial charge in [-0.05, 0) is 49.7 Å². The predicted octanol–water partition coefficient (Wildman–Crippen LogP) is 3.82. The zero-order valence-corrected chi connectivity index (χ0v) is 20.9. The van der Waals surface area contributed by atoms with Crippen LogP contribution in [0.25, 0.3) is 6.20 Å². The second kappa shape index (κ2) is 10.1. The minimum atomic E-state index is -1.13. The molecule has 2 heterocycles. The fraction of sp³-hybridized carbons (Fsp3) is 0.167. The molecule has 0 spiro atoms. The van der Waals surface area contributed by atoms with E-state index < -0.39 is 18.0 Å². The molecule has 0 saturated carbocycles. The molecule has 4 rings (SSSR count). The molecule has 0 fully saturated rings. The molecule has 0 radical (unpaired) electrons. The highest BCUT2D eigenvalue weighted by atomic mass is 35.5. The first-order valence-electron chi connectivity index (χ1n) is 10.4. The summed E-state index contributed by atoms with van der Waals surface area (Å²) in [5.41, 5.74) is 1.54. The van der Waals surface area contributed by atoms with Crippen molar-refractivity contribution in [3.63, 3.8) is 0 Å². The second-order valence-corrected chi connectivity index (χ2v) is 9.35. The summed E-state index contributed by atoms with van der Waals surface area (Å²) < 4.78 is 7.05. The Labute approximate surface area is 213 Å². The molecule has 1 aliphatic heterocycles. The van der Waals surface area contributed by atoms with Gasteiger partial charge in [-0.3, -0.25) is 9.36 Å². The van der Waals surface area contributed by atoms with Crippen molar-refractivity contribution in [3.8, 4) is 0 Å². The molecule has 2 N–H and O–H groups in total. The number of benzene rings is 2. The number of allylic oxidation sites excluding steroid dienone is 1. The fourth-order valence-electron chi connectivity index (χ4n) is 3.68. The number of ether oxygens (including phenoxy) is 1. The van der Waals surface area contributed by atoms with Crippen LogP contribution in [0.4, 0.5) is 5.69 Å². The number of thiazole rings is 1. The number of anilines is 1. The van der Waals surface area contributed by atoms with Crippen LogP contribution in [0.5, 0.6) is 0 Å². The van der Waals surface area contributed by atoms with E-state index >= 15 is 0 Å². The molecular formula is C24H19Cl2N3O5S. The highest BCUT2D eigenvalue weighted by Crippen LogP contribution is 2.31. The lowest BCUT2D eigenvalue weighted by Crippen LogP contribution is -2.40. The summed E-state index contributed by atoms with van der Waals surface area (Å²) in [6, 6.07) is 10.5. The number of halogens is 2. The van der Waals surface area contributed by atoms with Gasteiger partial charge in [-0.2, -0.15) is 0 Å². The van der Waals surface area contributed by atoms with Gasteiger partial charge in [0, 0.05) is 16.9 Å². The molecule has 8 nitrogen and oxygen atoms in total. The number of carboxylic acid groups (broad SMARTS) is 1. The zero-order valence-electron chi connectivity index (χ0n) is 18.5. The van der Waals surface area contributed by atoms with Crippen molar-refractivity contribution in [2.75, 3.05) is 11.9 Å². The molecule has 1 aromatic heterocycles. The SMILES string of the molecule is CCOC(=O)C1=C(C)N=c2s/c(=C\Nc3ccc(C(=O)O)c(Cl)c3)c(=O)n2[C@@H]1c1ccc(Cl)cc1. The lowest BCUT2D eigenvalue weighted by molar-refractivity contribution is -0.139. The molecule has 2 aromatic carbocycles. The van der Waals surface area contributed by atoms with E-state index in [0.29, 0.717) is 31.3 Å². The second-order valence-electron chi connectivity index (χ2n) is 7.50. The largest absolute Gasteiger partial charge is 0.478 e. The smallest absolute Gasteiger partial charge is 0.338 e. The van der Waals surface area contributed by atoms with Gasteiger partial charge in [-0.1, -0.05) is 46.7 Å². The summed E-state index contributed by atoms with van der Waals surface area (Å²) in [6.45, 7) is 3.60. The monoisotopic (exact) mass is 531 g/mol. The summed E-state index contributed by atoms with van der Waals surface area (Å²) in [5, 5.41) is 12.7. The van der Waals surface area contributed by atoms with Crippen molar-refractivity contribution in [1.82, 2.24) is 4.57 Å². The molecule has 1 atom stereocenters. The fourth-order valence-corrected chi connectivity index (χ4v) is 5.04. The molecular weight excluding hydrogens is 513 g/mol. The maximum absolute atomic E-state index is 13.5. The first kappa shape index (κ1) is 24.7. The van der Waals surface area contributed by atoms with Gasteiger partial charge in [0.15, 0.2) is 4.80 Å². The third-order valence-corrected chi connectivity index (χ3v) is 6.82. The van der Waals surface area contributed by atoms with E-state index in [1.807, 2.05) is 0 Å². The Bertz CT molecular complexity index is 1540. The number of esters is 1. The van der Waals surface area contributed by atoms with Crippen LogP contribution in [-0.4, -0.2) is 28.2 Å². The van der Waals surface area contributed by atoms with E-state index in [1.54, 1.807) is 44.2 Å². The normalized spacial score (nSPS) is 15.4. The number of fused-ring (bicyclic) bond motifs is 1. The van der Waals surface area contributed by atoms with Gasteiger partial charge in [-0.25, -0.2) is 14.6 Å². The van der Waals surface area contributed by atoms with E-state index in [1.165, 1.54) is 22.9 Å². The lowest BCUT2D eigenvalue weighted by Gasteiger charge is -2.24. The van der Waals surface area contributed by atoms with Crippen LogP contribution in [0.1, 0.15) is 35.8 Å². The molecule has 3 aromatic rings. The number of carbonyl (C=O) groups excluding carboxylic acids is 1. The summed E-state index contributed by atoms with van der Waals surface area (Å²) >= 11 is 13.2. The number of carbonyl (C=O) groups is 2. The molecule has 11 heteroatoms. The number of aromatic nitrogens is 1. The zero-order chi connectivity index (χ0) is 25.3. The Balaban J connectivity index is 1.81. The maximum atomic E-state index is 13.5. The standard InChI is InChI=1S/C24H19Cl2N3O5S/c1-3-34-23(33)19-12(2)28-24-29(20(19)13-4-6-14(25)7-5-13)21(30)18(35-24)11-27-15-8-9-16(22(31)32)17(26)10-15/h4-11,20,27H,3H2,1-2H3,(H,31,32)/b18-11-/t20-/m1/s1. The van der Waals surface area contributed by atoms with Gasteiger partial charge >= 0.3 is 11.9 Å². The van der Waals surface area contributed by atoms with Crippen molar-refractivity contribution in [2.45, 2.75) is 19.9 Å². The number of hydrogen-bond donors (Lipinski definition) is 2. The average Bonchev–Trinajstić information content (AvgIpc) is 3.12. The molecule has 0 unspecified atom stereocenters. The van der Waals surface area contributed by atoms with Crippen molar-refractivity contribution in [1.29, 1.82) is 0 Å². The molecule has 0 amide bonds. The van der Waals surface area contributed by atoms with Gasteiger partial charge in [0.25, 0.3) is 5.56 Å². The molecule has 0 saturated heterocycles. The van der Waals surface area contributed by atoms with Gasteiger partial charge < -0.3 is 15.2 Å². The van der Waals surface area contributed by atoms with E-state index in [2.05, 4.69) is 10.3 Å². The Morgan fingerprint density at radius 3 is 2.57 bits per heavy atom. The van der Waals surface area contributed by atoms with Crippen LogP contribution in [0.15, 0.2) is 63.5 Å². The number of nitrogens with one attached hydrogen (secondary N) is 1. The predicted molar refractivity (Wildman–Crippen MR) is 135 cm³/mol. The Kier molecular flexibility index (Phi) is 7.11. The number of carboxylic acids is 1. The first-order valence-corrected chi connectivity index (χ1v) is 12.0. The van der Waals surface area contributed by atoms with Crippen LogP contribution >= 0.6 is 34.5 Å². The van der Waals surface area contributed by atoms with Crippen LogP contribution in [-0.2, 0) is 9.53 Å². The van der Waals surface area contributed by atoms with Gasteiger partial charge in [0.2, 0.25) is 0 Å². The third-order valence-electron chi connectivity index (χ3n) is 5.27. The number of nitrogens with zero attached hydrogens (tertiary/aromatic N) is 2. The van der Waals surface area contributed by atoms with Crippen molar-refractivity contribution < 1.29 is 19.4 Å². The minimum absolute atomic E-state index is 0.0264. The Morgan fingerprint density at radius 1 is 1.23 bits per heavy atom. The van der Waals surface area contributed by atoms with E-state index in [9.17, 15) is 14.4 Å². The highest BCUT2D eigenvalue weighted by molar-refractivity contribution is 7.07. The van der Waals surface area contributed by atoms with E-state index in [4.69, 9.17) is 33.0 Å². The number of rotatable bonds is 6. The summed E-state index contributed by atoms with van der Waals surface area (Å²) in [4.78, 5) is 42.4. The van der Waals surface area contributed by atoms with Gasteiger partial charge in [0.05, 0.1) is 34.5 Å². The highest BCUT2D eigenvalue weighted by Gasteiger charge is 2.33. The molecule has 1 aliphatic rings. The topological polar surface area (TPSA) is 110 Å². The summed E-state index contributed by atoms with van der Waals surface area (Å²) in [7, 11) is 0. The van der Waals surface area contributed by atoms with Crippen LogP contribution < -0.4 is 20.2 Å². The van der Waals surface area contributed by atoms with Gasteiger partial charge in [0.1, 0.15) is 4.53 Å². The Morgan fingerprint density at radius 2 is 1.94 bits per heavy atom. The Hall–Kier alpha value is -3.40. The molecule has 180 valence electrons. The van der Waals surface area contributed by atoms with Crippen molar-refractivity contribution >= 4 is 58.4 Å². The van der Waals surface area contributed by atoms with Crippen molar-refractivity contribution in [2.24, 2.45) is 4.99 Å². The number of hydrogen-bond acceptors (Lipinski definition) is 7. The molecule has 35 heavy (non-hydrogen) atoms. The number of aromatic carboxylic acids is 1. The average molecular weight is 532 g/mol. The quantitative estimate of drug-likeness (QED) is 0.467.